The van der Waals surface area contributed by atoms with E-state index < -0.39 is 23.6 Å². The van der Waals surface area contributed by atoms with Crippen molar-refractivity contribution < 1.29 is 28.5 Å². The van der Waals surface area contributed by atoms with Crippen molar-refractivity contribution in [3.8, 4) is 0 Å². The van der Waals surface area contributed by atoms with Gasteiger partial charge in [0, 0.05) is 26.4 Å². The van der Waals surface area contributed by atoms with Crippen molar-refractivity contribution in [3.05, 3.63) is 11.6 Å². The van der Waals surface area contributed by atoms with E-state index >= 15 is 0 Å². The van der Waals surface area contributed by atoms with Crippen molar-refractivity contribution in [1.82, 2.24) is 0 Å². The second-order valence-corrected chi connectivity index (χ2v) is 5.70. The van der Waals surface area contributed by atoms with Gasteiger partial charge in [0.25, 0.3) is 0 Å². The molecule has 0 unspecified atom stereocenters. The van der Waals surface area contributed by atoms with Gasteiger partial charge in [-0.2, -0.15) is 0 Å². The number of Topliss-reactive ketones (excluding diaryl/α,β-unsaturated/α-hetero) is 1. The Kier molecular flexibility index (Phi) is 3.63. The van der Waals surface area contributed by atoms with E-state index in [1.807, 2.05) is 0 Å². The molecule has 6 heteroatoms. The maximum atomic E-state index is 12.8. The summed E-state index contributed by atoms with van der Waals surface area (Å²) in [6.07, 6.45) is 3.27. The molecule has 0 radical (unpaired) electrons. The fraction of sp³-hybridized carbons (Fsp3) is 0.733. The lowest BCUT2D eigenvalue weighted by Crippen LogP contribution is -2.67. The summed E-state index contributed by atoms with van der Waals surface area (Å²) in [6.45, 7) is 0.645. The number of ether oxygens (including phenoxy) is 4. The smallest absolute Gasteiger partial charge is 0.333 e. The van der Waals surface area contributed by atoms with E-state index in [1.54, 1.807) is 6.08 Å². The van der Waals surface area contributed by atoms with Gasteiger partial charge in [-0.25, -0.2) is 4.79 Å². The zero-order valence-electron chi connectivity index (χ0n) is 12.5. The molecule has 4 rings (SSSR count). The highest BCUT2D eigenvalue weighted by molar-refractivity contribution is 6.00. The number of carbonyl (C=O) groups excluding carboxylic acids is 2. The molecule has 4 atom stereocenters. The summed E-state index contributed by atoms with van der Waals surface area (Å²) in [6, 6.07) is 0. The molecule has 0 spiro atoms. The molecular formula is C15H20O6. The largest absolute Gasteiger partial charge is 0.466 e. The fourth-order valence-electron chi connectivity index (χ4n) is 4.12. The number of hydrogen-bond acceptors (Lipinski definition) is 6. The third-order valence-electron chi connectivity index (χ3n) is 4.97. The van der Waals surface area contributed by atoms with Gasteiger partial charge in [0.2, 0.25) is 11.6 Å². The number of rotatable bonds is 3. The van der Waals surface area contributed by atoms with E-state index in [4.69, 9.17) is 18.9 Å². The highest BCUT2D eigenvalue weighted by Gasteiger charge is 2.65. The molecule has 3 aliphatic carbocycles. The van der Waals surface area contributed by atoms with Crippen LogP contribution in [-0.4, -0.2) is 51.6 Å². The third kappa shape index (κ3) is 1.82. The zero-order valence-corrected chi connectivity index (χ0v) is 12.5. The van der Waals surface area contributed by atoms with E-state index in [2.05, 4.69) is 0 Å². The Morgan fingerprint density at radius 2 is 2.05 bits per heavy atom. The SMILES string of the molecule is COC(=O)C1=C[C@@H]2C(=O)C(OC)(OC)[C@H]1[C@@H]1CCCO[C@@H]12. The first kappa shape index (κ1) is 14.7. The highest BCUT2D eigenvalue weighted by atomic mass is 16.7. The summed E-state index contributed by atoms with van der Waals surface area (Å²) in [5, 5.41) is 0. The van der Waals surface area contributed by atoms with Crippen molar-refractivity contribution in [2.75, 3.05) is 27.9 Å². The number of ketones is 1. The molecule has 1 saturated heterocycles. The van der Waals surface area contributed by atoms with E-state index in [0.29, 0.717) is 12.2 Å². The van der Waals surface area contributed by atoms with E-state index in [-0.39, 0.29) is 17.8 Å². The molecule has 0 aromatic rings. The predicted molar refractivity (Wildman–Crippen MR) is 71.3 cm³/mol. The Morgan fingerprint density at radius 3 is 2.67 bits per heavy atom. The standard InChI is InChI=1S/C15H20O6/c1-18-14(17)9-7-10-12-8(5-4-6-21-12)11(9)15(19-2,20-3)13(10)16/h7-8,10-12H,4-6H2,1-3H3/t8-,10-,11-,12-/m0/s1. The Bertz CT molecular complexity index is 492. The van der Waals surface area contributed by atoms with Gasteiger partial charge in [-0.15, -0.1) is 0 Å². The van der Waals surface area contributed by atoms with Gasteiger partial charge >= 0.3 is 5.97 Å². The first-order chi connectivity index (χ1) is 10.1. The lowest BCUT2D eigenvalue weighted by molar-refractivity contribution is -0.265. The van der Waals surface area contributed by atoms with Gasteiger partial charge in [-0.1, -0.05) is 6.08 Å². The topological polar surface area (TPSA) is 71.1 Å². The summed E-state index contributed by atoms with van der Waals surface area (Å²) in [5.74, 6) is -2.99. The molecule has 1 saturated carbocycles. The van der Waals surface area contributed by atoms with Crippen LogP contribution in [0, 0.1) is 17.8 Å². The fourth-order valence-corrected chi connectivity index (χ4v) is 4.12. The Hall–Kier alpha value is -1.24. The first-order valence-corrected chi connectivity index (χ1v) is 7.17. The number of carbonyl (C=O) groups is 2. The van der Waals surface area contributed by atoms with Crippen LogP contribution in [0.2, 0.25) is 0 Å². The average molecular weight is 296 g/mol. The lowest BCUT2D eigenvalue weighted by atomic mass is 9.57. The second kappa shape index (κ2) is 5.19. The summed E-state index contributed by atoms with van der Waals surface area (Å²) in [5.41, 5.74) is 0.470. The molecule has 1 aliphatic heterocycles. The van der Waals surface area contributed by atoms with Gasteiger partial charge in [0.15, 0.2) is 0 Å². The Balaban J connectivity index is 2.12. The lowest BCUT2D eigenvalue weighted by Gasteiger charge is -2.55. The molecule has 0 aromatic heterocycles. The van der Waals surface area contributed by atoms with Gasteiger partial charge < -0.3 is 18.9 Å². The molecule has 0 aromatic carbocycles. The van der Waals surface area contributed by atoms with Crippen molar-refractivity contribution in [1.29, 1.82) is 0 Å². The highest BCUT2D eigenvalue weighted by Crippen LogP contribution is 2.53. The van der Waals surface area contributed by atoms with Crippen LogP contribution in [-0.2, 0) is 28.5 Å². The molecule has 21 heavy (non-hydrogen) atoms. The Labute approximate surface area is 123 Å². The Morgan fingerprint density at radius 1 is 1.33 bits per heavy atom. The van der Waals surface area contributed by atoms with Crippen LogP contribution in [0.3, 0.4) is 0 Å². The van der Waals surface area contributed by atoms with E-state index in [9.17, 15) is 9.59 Å². The molecule has 116 valence electrons. The van der Waals surface area contributed by atoms with Crippen LogP contribution in [0.25, 0.3) is 0 Å². The average Bonchev–Trinajstić information content (AvgIpc) is 2.55. The van der Waals surface area contributed by atoms with E-state index in [1.165, 1.54) is 21.3 Å². The molecule has 6 nitrogen and oxygen atoms in total. The molecule has 2 bridgehead atoms. The number of methoxy groups -OCH3 is 3. The second-order valence-electron chi connectivity index (χ2n) is 5.70. The molecule has 0 amide bonds. The quantitative estimate of drug-likeness (QED) is 0.564. The normalized spacial score (nSPS) is 36.9. The molecule has 0 N–H and O–H groups in total. The minimum atomic E-state index is -1.41. The van der Waals surface area contributed by atoms with Gasteiger partial charge in [0.1, 0.15) is 0 Å². The summed E-state index contributed by atoms with van der Waals surface area (Å²) >= 11 is 0. The van der Waals surface area contributed by atoms with Crippen molar-refractivity contribution >= 4 is 11.8 Å². The number of fused-ring (bicyclic) bond motifs is 1. The van der Waals surface area contributed by atoms with Crippen LogP contribution in [0.1, 0.15) is 12.8 Å². The molecular weight excluding hydrogens is 276 g/mol. The first-order valence-electron chi connectivity index (χ1n) is 7.17. The minimum absolute atomic E-state index is 0.0282. The zero-order chi connectivity index (χ0) is 15.2. The maximum absolute atomic E-state index is 12.8. The monoisotopic (exact) mass is 296 g/mol. The summed E-state index contributed by atoms with van der Waals surface area (Å²) in [7, 11) is 4.22. The van der Waals surface area contributed by atoms with Gasteiger partial charge in [-0.05, 0) is 18.8 Å². The summed E-state index contributed by atoms with van der Waals surface area (Å²) < 4.78 is 21.6. The molecule has 4 aliphatic rings. The van der Waals surface area contributed by atoms with Crippen molar-refractivity contribution in [3.63, 3.8) is 0 Å². The van der Waals surface area contributed by atoms with Crippen LogP contribution < -0.4 is 0 Å². The predicted octanol–water partition coefficient (Wildman–Crippen LogP) is 0.699. The minimum Gasteiger partial charge on any atom is -0.466 e. The summed E-state index contributed by atoms with van der Waals surface area (Å²) in [4.78, 5) is 24.9. The molecule has 2 fully saturated rings. The third-order valence-corrected chi connectivity index (χ3v) is 4.97. The molecule has 1 heterocycles. The van der Waals surface area contributed by atoms with E-state index in [0.717, 1.165) is 12.8 Å². The van der Waals surface area contributed by atoms with Crippen molar-refractivity contribution in [2.24, 2.45) is 17.8 Å². The van der Waals surface area contributed by atoms with Crippen LogP contribution in [0.5, 0.6) is 0 Å². The van der Waals surface area contributed by atoms with Crippen LogP contribution in [0.15, 0.2) is 11.6 Å². The maximum Gasteiger partial charge on any atom is 0.333 e. The van der Waals surface area contributed by atoms with Crippen LogP contribution >= 0.6 is 0 Å². The van der Waals surface area contributed by atoms with Crippen molar-refractivity contribution in [2.45, 2.75) is 24.7 Å². The number of hydrogen-bond donors (Lipinski definition) is 0. The van der Waals surface area contributed by atoms with Crippen LogP contribution in [0.4, 0.5) is 0 Å². The number of esters is 1. The van der Waals surface area contributed by atoms with Gasteiger partial charge in [-0.3, -0.25) is 4.79 Å². The van der Waals surface area contributed by atoms with Gasteiger partial charge in [0.05, 0.1) is 25.0 Å².